The van der Waals surface area contributed by atoms with Crippen molar-refractivity contribution >= 4 is 28.1 Å². The van der Waals surface area contributed by atoms with Crippen molar-refractivity contribution in [1.82, 2.24) is 15.2 Å². The number of rotatable bonds is 6. The molecule has 3 rings (SSSR count). The van der Waals surface area contributed by atoms with Gasteiger partial charge in [0.15, 0.2) is 5.13 Å². The van der Waals surface area contributed by atoms with Crippen molar-refractivity contribution in [2.75, 3.05) is 18.9 Å². The zero-order chi connectivity index (χ0) is 20.3. The summed E-state index contributed by atoms with van der Waals surface area (Å²) < 4.78 is 20.2. The molecule has 1 aromatic rings. The summed E-state index contributed by atoms with van der Waals surface area (Å²) in [6.07, 6.45) is 7.93. The molecule has 1 aliphatic carbocycles. The minimum Gasteiger partial charge on any atom is -0.489 e. The van der Waals surface area contributed by atoms with E-state index in [1.807, 2.05) is 6.08 Å². The molecule has 3 N–H and O–H groups in total. The van der Waals surface area contributed by atoms with E-state index < -0.39 is 5.95 Å². The molecule has 0 aromatic carbocycles. The first-order valence-electron chi connectivity index (χ1n) is 9.05. The molecule has 2 unspecified atom stereocenters. The van der Waals surface area contributed by atoms with Gasteiger partial charge in [-0.15, -0.1) is 0 Å². The second-order valence-corrected chi connectivity index (χ2v) is 7.93. The summed E-state index contributed by atoms with van der Waals surface area (Å²) >= 11 is 1.16. The quantitative estimate of drug-likeness (QED) is 0.677. The molecular formula is C19H24FN5O2S. The molecule has 2 atom stereocenters. The van der Waals surface area contributed by atoms with Gasteiger partial charge < -0.3 is 20.8 Å². The number of carbonyl (C=O) groups excluding carboxylic acids is 1. The zero-order valence-electron chi connectivity index (χ0n) is 16.1. The van der Waals surface area contributed by atoms with Crippen LogP contribution in [0.15, 0.2) is 35.8 Å². The van der Waals surface area contributed by atoms with Gasteiger partial charge in [0, 0.05) is 51.3 Å². The molecule has 1 saturated heterocycles. The van der Waals surface area contributed by atoms with Crippen LogP contribution in [0.5, 0.6) is 0 Å². The topological polar surface area (TPSA) is 90.3 Å². The highest BCUT2D eigenvalue weighted by Crippen LogP contribution is 2.29. The Morgan fingerprint density at radius 2 is 2.32 bits per heavy atom. The largest absolute Gasteiger partial charge is 0.489 e. The molecule has 9 heteroatoms. The van der Waals surface area contributed by atoms with E-state index in [1.165, 1.54) is 6.92 Å². The molecule has 7 nitrogen and oxygen atoms in total. The third kappa shape index (κ3) is 4.85. The van der Waals surface area contributed by atoms with Crippen molar-refractivity contribution in [3.63, 3.8) is 0 Å². The summed E-state index contributed by atoms with van der Waals surface area (Å²) in [7, 11) is 1.79. The third-order valence-electron chi connectivity index (χ3n) is 4.57. The van der Waals surface area contributed by atoms with E-state index in [4.69, 9.17) is 10.1 Å². The number of hydrogen-bond donors (Lipinski definition) is 3. The SMILES string of the molecule is CN/C=C1/C=C(OC2CC(C)N(Cc3sc(NC(C)=O)nc3F)C2)C=CC1=N. The number of nitrogens with zero attached hydrogens (tertiary/aromatic N) is 2. The molecule has 1 aromatic heterocycles. The fraction of sp³-hybridized carbons (Fsp3) is 0.421. The van der Waals surface area contributed by atoms with Crippen LogP contribution < -0.4 is 10.6 Å². The Hall–Kier alpha value is -2.52. The fourth-order valence-electron chi connectivity index (χ4n) is 3.25. The Bertz CT molecular complexity index is 861. The number of anilines is 1. The first-order valence-corrected chi connectivity index (χ1v) is 9.87. The lowest BCUT2D eigenvalue weighted by molar-refractivity contribution is -0.114. The Balaban J connectivity index is 1.62. The van der Waals surface area contributed by atoms with Gasteiger partial charge in [0.1, 0.15) is 11.9 Å². The van der Waals surface area contributed by atoms with Crippen molar-refractivity contribution < 1.29 is 13.9 Å². The lowest BCUT2D eigenvalue weighted by Gasteiger charge is -2.20. The average molecular weight is 405 g/mol. The highest BCUT2D eigenvalue weighted by molar-refractivity contribution is 7.15. The number of carbonyl (C=O) groups is 1. The molecule has 0 spiro atoms. The van der Waals surface area contributed by atoms with Crippen molar-refractivity contribution in [1.29, 1.82) is 5.41 Å². The molecule has 1 fully saturated rings. The van der Waals surface area contributed by atoms with E-state index in [0.717, 1.165) is 23.3 Å². The first-order chi connectivity index (χ1) is 13.4. The van der Waals surface area contributed by atoms with Crippen molar-refractivity contribution in [2.45, 2.75) is 39.0 Å². The number of nitrogens with one attached hydrogen (secondary N) is 3. The van der Waals surface area contributed by atoms with Gasteiger partial charge in [-0.25, -0.2) is 0 Å². The first kappa shape index (κ1) is 20.2. The van der Waals surface area contributed by atoms with E-state index in [2.05, 4.69) is 27.4 Å². The van der Waals surface area contributed by atoms with E-state index in [-0.39, 0.29) is 23.2 Å². The summed E-state index contributed by atoms with van der Waals surface area (Å²) in [4.78, 5) is 17.5. The van der Waals surface area contributed by atoms with Gasteiger partial charge in [-0.3, -0.25) is 9.69 Å². The number of aromatic nitrogens is 1. The van der Waals surface area contributed by atoms with E-state index in [9.17, 15) is 9.18 Å². The molecule has 2 heterocycles. The van der Waals surface area contributed by atoms with Gasteiger partial charge in [-0.05, 0) is 25.2 Å². The molecule has 1 amide bonds. The minimum absolute atomic E-state index is 0.0141. The van der Waals surface area contributed by atoms with Crippen molar-refractivity contribution in [3.05, 3.63) is 46.6 Å². The van der Waals surface area contributed by atoms with Gasteiger partial charge in [0.25, 0.3) is 0 Å². The Morgan fingerprint density at radius 1 is 1.54 bits per heavy atom. The second-order valence-electron chi connectivity index (χ2n) is 6.85. The molecular weight excluding hydrogens is 381 g/mol. The molecule has 150 valence electrons. The van der Waals surface area contributed by atoms with Crippen LogP contribution in [-0.4, -0.2) is 47.2 Å². The van der Waals surface area contributed by atoms with Crippen LogP contribution in [0.2, 0.25) is 0 Å². The normalized spacial score (nSPS) is 23.8. The van der Waals surface area contributed by atoms with Crippen molar-refractivity contribution in [2.24, 2.45) is 0 Å². The third-order valence-corrected chi connectivity index (χ3v) is 5.50. The molecule has 0 saturated carbocycles. The standard InChI is InChI=1S/C19H24FN5O2S/c1-11-6-15(27-14-4-5-16(21)13(7-14)8-22-3)9-25(11)10-17-18(20)24-19(28-17)23-12(2)26/h4-5,7-8,11,15,21-22H,6,9-10H2,1-3H3,(H,23,24,26)/b13-8-,21-16?. The van der Waals surface area contributed by atoms with Crippen LogP contribution in [0.3, 0.4) is 0 Å². The minimum atomic E-state index is -0.538. The van der Waals surface area contributed by atoms with Crippen LogP contribution in [-0.2, 0) is 16.1 Å². The van der Waals surface area contributed by atoms with E-state index >= 15 is 0 Å². The van der Waals surface area contributed by atoms with Gasteiger partial charge in [0.05, 0.1) is 10.6 Å². The highest BCUT2D eigenvalue weighted by Gasteiger charge is 2.32. The van der Waals surface area contributed by atoms with Gasteiger partial charge in [0.2, 0.25) is 11.9 Å². The summed E-state index contributed by atoms with van der Waals surface area (Å²) in [6, 6.07) is 0.231. The van der Waals surface area contributed by atoms with Gasteiger partial charge in [-0.1, -0.05) is 11.3 Å². The number of thiazole rings is 1. The van der Waals surface area contributed by atoms with Crippen LogP contribution >= 0.6 is 11.3 Å². The zero-order valence-corrected chi connectivity index (χ0v) is 16.9. The Morgan fingerprint density at radius 3 is 3.04 bits per heavy atom. The summed E-state index contributed by atoms with van der Waals surface area (Å²) in [5, 5.41) is 13.6. The molecule has 0 bridgehead atoms. The maximum absolute atomic E-state index is 14.1. The molecule has 28 heavy (non-hydrogen) atoms. The highest BCUT2D eigenvalue weighted by atomic mass is 32.1. The second kappa shape index (κ2) is 8.66. The van der Waals surface area contributed by atoms with Crippen LogP contribution in [0.1, 0.15) is 25.1 Å². The van der Waals surface area contributed by atoms with Crippen LogP contribution in [0.4, 0.5) is 9.52 Å². The Labute approximate surface area is 167 Å². The van der Waals surface area contributed by atoms with Crippen LogP contribution in [0.25, 0.3) is 0 Å². The fourth-order valence-corrected chi connectivity index (χ4v) is 4.17. The molecule has 2 aliphatic rings. The van der Waals surface area contributed by atoms with E-state index in [1.54, 1.807) is 25.4 Å². The van der Waals surface area contributed by atoms with Gasteiger partial charge in [-0.2, -0.15) is 9.37 Å². The summed E-state index contributed by atoms with van der Waals surface area (Å²) in [6.45, 7) is 4.55. The van der Waals surface area contributed by atoms with Gasteiger partial charge >= 0.3 is 0 Å². The summed E-state index contributed by atoms with van der Waals surface area (Å²) in [5.74, 6) is -0.0889. The van der Waals surface area contributed by atoms with Crippen LogP contribution in [0, 0.1) is 11.4 Å². The average Bonchev–Trinajstić information content (AvgIpc) is 3.13. The number of amides is 1. The monoisotopic (exact) mass is 405 g/mol. The summed E-state index contributed by atoms with van der Waals surface area (Å²) in [5.41, 5.74) is 1.19. The molecule has 1 aliphatic heterocycles. The van der Waals surface area contributed by atoms with E-state index in [0.29, 0.717) is 29.4 Å². The maximum atomic E-state index is 14.1. The van der Waals surface area contributed by atoms with Crippen molar-refractivity contribution in [3.8, 4) is 0 Å². The lowest BCUT2D eigenvalue weighted by Crippen LogP contribution is -2.27. The number of hydrogen-bond acceptors (Lipinski definition) is 7. The smallest absolute Gasteiger partial charge is 0.230 e. The number of likely N-dealkylation sites (tertiary alicyclic amines) is 1. The predicted octanol–water partition coefficient (Wildman–Crippen LogP) is 2.80. The maximum Gasteiger partial charge on any atom is 0.230 e. The Kier molecular flexibility index (Phi) is 6.25. The molecule has 0 radical (unpaired) electrons. The number of allylic oxidation sites excluding steroid dienone is 4. The predicted molar refractivity (Wildman–Crippen MR) is 108 cm³/mol. The number of halogens is 1. The number of ether oxygens (including phenoxy) is 1. The lowest BCUT2D eigenvalue weighted by atomic mass is 10.1.